The fraction of sp³-hybridized carbons (Fsp3) is 0.425. The predicted octanol–water partition coefficient (Wildman–Crippen LogP) is 7.10. The lowest BCUT2D eigenvalue weighted by Gasteiger charge is -2.41. The number of aromatic nitrogens is 2. The molecule has 1 saturated heterocycles. The van der Waals surface area contributed by atoms with Crippen molar-refractivity contribution in [1.82, 2.24) is 14.5 Å². The number of nitrogens with zero attached hydrogens (tertiary/aromatic N) is 2. The summed E-state index contributed by atoms with van der Waals surface area (Å²) in [6.07, 6.45) is -8.51. The molecule has 0 bridgehead atoms. The summed E-state index contributed by atoms with van der Waals surface area (Å²) in [6.45, 7) is 9.41. The minimum absolute atomic E-state index is 0.133. The number of benzene rings is 3. The zero-order chi connectivity index (χ0) is 41.2. The summed E-state index contributed by atoms with van der Waals surface area (Å²) in [7, 11) is 1.47. The molecular formula is C40H48F3N3O8SSi. The van der Waals surface area contributed by atoms with Crippen molar-refractivity contribution in [3.8, 4) is 11.5 Å². The zero-order valence-corrected chi connectivity index (χ0v) is 34.4. The number of aromatic amines is 1. The molecule has 1 amide bonds. The van der Waals surface area contributed by atoms with Gasteiger partial charge in [0.15, 0.2) is 19.3 Å². The Bertz CT molecular complexity index is 2040. The molecule has 1 aliphatic rings. The van der Waals surface area contributed by atoms with Crippen LogP contribution in [0.1, 0.15) is 49.3 Å². The van der Waals surface area contributed by atoms with E-state index in [0.717, 1.165) is 23.7 Å². The lowest BCUT2D eigenvalue weighted by atomic mass is 9.80. The second-order valence-corrected chi connectivity index (χ2v) is 20.3. The van der Waals surface area contributed by atoms with Crippen molar-refractivity contribution in [2.24, 2.45) is 0 Å². The lowest BCUT2D eigenvalue weighted by molar-refractivity contribution is -0.184. The Kier molecular flexibility index (Phi) is 12.7. The minimum atomic E-state index is -5.14. The highest BCUT2D eigenvalue weighted by Crippen LogP contribution is 2.45. The number of hydrogen-bond donors (Lipinski definition) is 2. The number of nitrogens with one attached hydrogen (secondary N) is 1. The van der Waals surface area contributed by atoms with Gasteiger partial charge < -0.3 is 33.4 Å². The smallest absolute Gasteiger partial charge is 0.471 e. The molecule has 16 heteroatoms. The van der Waals surface area contributed by atoms with E-state index in [-0.39, 0.29) is 22.0 Å². The van der Waals surface area contributed by atoms with Crippen LogP contribution in [0.4, 0.5) is 13.2 Å². The number of amides is 1. The number of ether oxygens (including phenoxy) is 4. The highest BCUT2D eigenvalue weighted by atomic mass is 32.1. The van der Waals surface area contributed by atoms with Crippen molar-refractivity contribution >= 4 is 26.4 Å². The number of aliphatic hydroxyl groups excluding tert-OH is 1. The van der Waals surface area contributed by atoms with Crippen LogP contribution in [0.3, 0.4) is 0 Å². The molecule has 2 N–H and O–H groups in total. The molecule has 11 nitrogen and oxygen atoms in total. The molecular weight excluding hydrogens is 768 g/mol. The fourth-order valence-corrected chi connectivity index (χ4v) is 7.97. The number of rotatable bonds is 13. The summed E-state index contributed by atoms with van der Waals surface area (Å²) in [5.41, 5.74) is 0.0649. The highest BCUT2D eigenvalue weighted by Gasteiger charge is 2.52. The van der Waals surface area contributed by atoms with E-state index in [1.54, 1.807) is 14.2 Å². The Morgan fingerprint density at radius 3 is 1.93 bits per heavy atom. The van der Waals surface area contributed by atoms with Gasteiger partial charge in [-0.05, 0) is 71.3 Å². The van der Waals surface area contributed by atoms with E-state index in [9.17, 15) is 27.9 Å². The van der Waals surface area contributed by atoms with E-state index in [0.29, 0.717) is 16.4 Å². The Morgan fingerprint density at radius 1 is 0.929 bits per heavy atom. The number of methoxy groups -OCH3 is 2. The maximum absolute atomic E-state index is 13.2. The molecule has 0 radical (unpaired) electrons. The molecule has 1 aliphatic heterocycles. The van der Waals surface area contributed by atoms with Crippen LogP contribution in [0.5, 0.6) is 11.5 Å². The molecule has 0 unspecified atom stereocenters. The third-order valence-corrected chi connectivity index (χ3v) is 15.3. The molecule has 302 valence electrons. The normalized spacial score (nSPS) is 19.1. The number of hydrogen-bond acceptors (Lipinski definition) is 9. The standard InChI is InChI=1S/C40H48F3N3O8SSi/c1-38(2,3)56(7,8)54-33-31(53-35(32(33)47)46-23-25(34(48)44-37(46)55)22-45(4)36(49)40(41,42)43)24-52-39(26-12-10-9-11-13-26,27-14-18-29(50-5)19-15-27)28-16-20-30(51-6)21-17-28/h9-21,23,31-33,35,47H,22,24H2,1-8H3,(H,44,48,55)/t31-,32-,33-,35-/m1/s1. The van der Waals surface area contributed by atoms with Gasteiger partial charge >= 0.3 is 12.1 Å². The molecule has 5 rings (SSSR count). The highest BCUT2D eigenvalue weighted by molar-refractivity contribution is 7.71. The molecule has 1 fully saturated rings. The average molecular weight is 816 g/mol. The Balaban J connectivity index is 1.61. The first-order valence-electron chi connectivity index (χ1n) is 17.9. The van der Waals surface area contributed by atoms with E-state index < -0.39 is 62.6 Å². The summed E-state index contributed by atoms with van der Waals surface area (Å²) >= 11 is 5.49. The maximum Gasteiger partial charge on any atom is 0.471 e. The van der Waals surface area contributed by atoms with E-state index in [1.807, 2.05) is 92.0 Å². The first kappa shape index (κ1) is 42.8. The van der Waals surface area contributed by atoms with Gasteiger partial charge in [0.25, 0.3) is 5.56 Å². The summed E-state index contributed by atoms with van der Waals surface area (Å²) in [5.74, 6) is -0.840. The molecule has 1 aromatic heterocycles. The summed E-state index contributed by atoms with van der Waals surface area (Å²) < 4.78 is 72.3. The molecule has 0 spiro atoms. The Labute approximate surface area is 330 Å². The monoisotopic (exact) mass is 815 g/mol. The molecule has 56 heavy (non-hydrogen) atoms. The van der Waals surface area contributed by atoms with Crippen LogP contribution in [0.2, 0.25) is 18.1 Å². The quantitative estimate of drug-likeness (QED) is 0.0827. The average Bonchev–Trinajstić information content (AvgIpc) is 3.45. The van der Waals surface area contributed by atoms with Crippen LogP contribution in [0.25, 0.3) is 0 Å². The first-order chi connectivity index (χ1) is 26.2. The van der Waals surface area contributed by atoms with Crippen LogP contribution >= 0.6 is 12.2 Å². The number of halogens is 3. The van der Waals surface area contributed by atoms with E-state index in [4.69, 9.17) is 35.6 Å². The van der Waals surface area contributed by atoms with Crippen molar-refractivity contribution in [1.29, 1.82) is 0 Å². The molecule has 2 heterocycles. The molecule has 0 aliphatic carbocycles. The summed E-state index contributed by atoms with van der Waals surface area (Å²) in [6, 6.07) is 24.6. The van der Waals surface area contributed by atoms with Gasteiger partial charge in [-0.2, -0.15) is 13.2 Å². The number of H-pyrrole nitrogens is 1. The van der Waals surface area contributed by atoms with Crippen molar-refractivity contribution in [3.05, 3.63) is 122 Å². The molecule has 3 aromatic carbocycles. The third-order valence-electron chi connectivity index (χ3n) is 10.5. The van der Waals surface area contributed by atoms with Crippen LogP contribution < -0.4 is 15.0 Å². The van der Waals surface area contributed by atoms with E-state index in [1.165, 1.54) is 10.8 Å². The van der Waals surface area contributed by atoms with Crippen LogP contribution in [-0.2, 0) is 30.8 Å². The minimum Gasteiger partial charge on any atom is -0.497 e. The number of alkyl halides is 3. The summed E-state index contributed by atoms with van der Waals surface area (Å²) in [4.78, 5) is 27.7. The van der Waals surface area contributed by atoms with Gasteiger partial charge in [-0.15, -0.1) is 0 Å². The second kappa shape index (κ2) is 16.6. The second-order valence-electron chi connectivity index (χ2n) is 15.2. The molecule has 4 aromatic rings. The third kappa shape index (κ3) is 8.80. The van der Waals surface area contributed by atoms with Crippen LogP contribution in [0.15, 0.2) is 89.9 Å². The van der Waals surface area contributed by atoms with Gasteiger partial charge in [-0.25, -0.2) is 0 Å². The number of carbonyl (C=O) groups excluding carboxylic acids is 1. The van der Waals surface area contributed by atoms with E-state index >= 15 is 0 Å². The van der Waals surface area contributed by atoms with E-state index in [2.05, 4.69) is 25.8 Å². The predicted molar refractivity (Wildman–Crippen MR) is 209 cm³/mol. The van der Waals surface area contributed by atoms with Gasteiger partial charge in [0.2, 0.25) is 0 Å². The molecule has 4 atom stereocenters. The Hall–Kier alpha value is -4.32. The van der Waals surface area contributed by atoms with Crippen molar-refractivity contribution < 1.29 is 46.4 Å². The maximum atomic E-state index is 13.2. The number of aliphatic hydroxyl groups is 1. The lowest BCUT2D eigenvalue weighted by Crippen LogP contribution is -2.50. The topological polar surface area (TPSA) is 124 Å². The Morgan fingerprint density at radius 2 is 1.45 bits per heavy atom. The van der Waals surface area contributed by atoms with Gasteiger partial charge in [-0.1, -0.05) is 75.4 Å². The fourth-order valence-electron chi connectivity index (χ4n) is 6.40. The van der Waals surface area contributed by atoms with Gasteiger partial charge in [-0.3, -0.25) is 19.1 Å². The largest absolute Gasteiger partial charge is 0.497 e. The summed E-state index contributed by atoms with van der Waals surface area (Å²) in [5, 5.41) is 11.8. The van der Waals surface area contributed by atoms with Gasteiger partial charge in [0, 0.05) is 13.2 Å². The first-order valence-corrected chi connectivity index (χ1v) is 21.2. The zero-order valence-electron chi connectivity index (χ0n) is 32.5. The van der Waals surface area contributed by atoms with Crippen molar-refractivity contribution in [3.63, 3.8) is 0 Å². The number of carbonyl (C=O) groups is 1. The SMILES string of the molecule is COc1ccc(C(OC[C@H]2O[C@@H](n3cc(CN(C)C(=O)C(F)(F)F)c(=O)[nH]c3=S)[C@H](O)[C@@H]2O[Si](C)(C)C(C)(C)C)(c2ccccc2)c2ccc(OC)cc2)cc1. The van der Waals surface area contributed by atoms with Gasteiger partial charge in [0.05, 0.1) is 32.9 Å². The van der Waals surface area contributed by atoms with Crippen LogP contribution in [-0.4, -0.2) is 86.1 Å². The van der Waals surface area contributed by atoms with Crippen LogP contribution in [0, 0.1) is 4.77 Å². The van der Waals surface area contributed by atoms with Crippen molar-refractivity contribution in [2.75, 3.05) is 27.9 Å². The molecule has 0 saturated carbocycles. The van der Waals surface area contributed by atoms with Gasteiger partial charge in [0.1, 0.15) is 35.4 Å². The van der Waals surface area contributed by atoms with Crippen molar-refractivity contribution in [2.45, 2.75) is 81.8 Å².